The number of carbonyl (C=O) groups is 1. The fraction of sp³-hybridized carbons (Fsp3) is 0.278. The van der Waals surface area contributed by atoms with E-state index in [2.05, 4.69) is 21.2 Å². The lowest BCUT2D eigenvalue weighted by Crippen LogP contribution is -2.35. The predicted molar refractivity (Wildman–Crippen MR) is 99.4 cm³/mol. The van der Waals surface area contributed by atoms with Crippen LogP contribution in [-0.2, 0) is 16.4 Å². The van der Waals surface area contributed by atoms with Crippen molar-refractivity contribution in [3.05, 3.63) is 64.1 Å². The molecule has 1 unspecified atom stereocenters. The second-order valence-corrected chi connectivity index (χ2v) is 9.03. The number of sulfone groups is 1. The Balaban J connectivity index is 1.70. The van der Waals surface area contributed by atoms with Crippen molar-refractivity contribution in [2.45, 2.75) is 19.1 Å². The Kier molecular flexibility index (Phi) is 5.44. The number of halogens is 1. The van der Waals surface area contributed by atoms with Crippen LogP contribution in [0.3, 0.4) is 0 Å². The minimum Gasteiger partial charge on any atom is -0.488 e. The number of hydrogen-bond acceptors (Lipinski definition) is 4. The summed E-state index contributed by atoms with van der Waals surface area (Å²) < 4.78 is 29.8. The highest BCUT2D eigenvalue weighted by Crippen LogP contribution is 2.23. The zero-order valence-electron chi connectivity index (χ0n) is 13.4. The van der Waals surface area contributed by atoms with Crippen LogP contribution in [0.5, 0.6) is 5.75 Å². The molecule has 1 aliphatic rings. The number of para-hydroxylation sites is 1. The van der Waals surface area contributed by atoms with Crippen molar-refractivity contribution >= 4 is 31.7 Å². The van der Waals surface area contributed by atoms with Gasteiger partial charge in [0.15, 0.2) is 9.84 Å². The van der Waals surface area contributed by atoms with Gasteiger partial charge in [-0.25, -0.2) is 8.42 Å². The molecule has 1 saturated heterocycles. The number of ether oxygens (including phenoxy) is 1. The van der Waals surface area contributed by atoms with Crippen LogP contribution in [0.2, 0.25) is 0 Å². The first kappa shape index (κ1) is 17.9. The van der Waals surface area contributed by atoms with Crippen molar-refractivity contribution in [3.63, 3.8) is 0 Å². The van der Waals surface area contributed by atoms with Gasteiger partial charge in [0.2, 0.25) is 0 Å². The molecule has 1 heterocycles. The smallest absolute Gasteiger partial charge is 0.255 e. The van der Waals surface area contributed by atoms with Crippen LogP contribution in [0, 0.1) is 0 Å². The molecular weight excluding hydrogens is 406 g/mol. The largest absolute Gasteiger partial charge is 0.488 e. The van der Waals surface area contributed by atoms with Crippen molar-refractivity contribution < 1.29 is 17.9 Å². The van der Waals surface area contributed by atoms with Gasteiger partial charge < -0.3 is 10.1 Å². The van der Waals surface area contributed by atoms with Crippen molar-refractivity contribution in [1.29, 1.82) is 0 Å². The van der Waals surface area contributed by atoms with Crippen LogP contribution in [0.25, 0.3) is 0 Å². The Hall–Kier alpha value is -1.86. The second-order valence-electron chi connectivity index (χ2n) is 5.95. The molecule has 5 nitrogen and oxygen atoms in total. The fourth-order valence-electron chi connectivity index (χ4n) is 2.72. The molecule has 0 aliphatic carbocycles. The summed E-state index contributed by atoms with van der Waals surface area (Å²) in [6.07, 6.45) is 0.452. The number of rotatable bonds is 5. The average Bonchev–Trinajstić information content (AvgIpc) is 2.93. The molecule has 25 heavy (non-hydrogen) atoms. The summed E-state index contributed by atoms with van der Waals surface area (Å²) in [4.78, 5) is 12.5. The van der Waals surface area contributed by atoms with Gasteiger partial charge in [0.25, 0.3) is 5.91 Å². The maximum Gasteiger partial charge on any atom is 0.255 e. The third-order valence-corrected chi connectivity index (χ3v) is 6.58. The Morgan fingerprint density at radius 3 is 2.60 bits per heavy atom. The first-order chi connectivity index (χ1) is 11.9. The summed E-state index contributed by atoms with van der Waals surface area (Å²) in [5, 5.41) is 2.79. The Morgan fingerprint density at radius 1 is 1.16 bits per heavy atom. The van der Waals surface area contributed by atoms with Crippen molar-refractivity contribution in [2.24, 2.45) is 0 Å². The summed E-state index contributed by atoms with van der Waals surface area (Å²) in [7, 11) is -3.04. The van der Waals surface area contributed by atoms with Gasteiger partial charge in [-0.2, -0.15) is 0 Å². The highest BCUT2D eigenvalue weighted by Gasteiger charge is 2.29. The summed E-state index contributed by atoms with van der Waals surface area (Å²) >= 11 is 3.47. The van der Waals surface area contributed by atoms with Crippen molar-refractivity contribution in [2.75, 3.05) is 11.5 Å². The molecular formula is C18H18BrNO4S. The van der Waals surface area contributed by atoms with Crippen LogP contribution in [0.1, 0.15) is 22.3 Å². The van der Waals surface area contributed by atoms with Crippen LogP contribution in [0.4, 0.5) is 0 Å². The number of carbonyl (C=O) groups excluding carboxylic acids is 1. The van der Waals surface area contributed by atoms with Gasteiger partial charge in [0.05, 0.1) is 17.1 Å². The van der Waals surface area contributed by atoms with Crippen LogP contribution < -0.4 is 10.1 Å². The van der Waals surface area contributed by atoms with Crippen LogP contribution >= 0.6 is 15.9 Å². The molecule has 1 amide bonds. The van der Waals surface area contributed by atoms with Crippen LogP contribution in [0.15, 0.2) is 53.0 Å². The lowest BCUT2D eigenvalue weighted by atomic mass is 10.1. The standard InChI is InChI=1S/C18H18BrNO4S/c19-16-7-3-1-5-13(16)11-24-17-8-4-2-6-15(17)18(21)20-14-9-10-25(22,23)12-14/h1-8,14H,9-12H2,(H,20,21). The van der Waals surface area contributed by atoms with E-state index in [1.165, 1.54) is 0 Å². The van der Waals surface area contributed by atoms with Gasteiger partial charge >= 0.3 is 0 Å². The molecule has 0 bridgehead atoms. The summed E-state index contributed by atoms with van der Waals surface area (Å²) in [6, 6.07) is 14.3. The Morgan fingerprint density at radius 2 is 1.88 bits per heavy atom. The molecule has 7 heteroatoms. The van der Waals surface area contributed by atoms with Gasteiger partial charge in [-0.3, -0.25) is 4.79 Å². The lowest BCUT2D eigenvalue weighted by molar-refractivity contribution is 0.0936. The monoisotopic (exact) mass is 423 g/mol. The number of benzene rings is 2. The first-order valence-corrected chi connectivity index (χ1v) is 10.5. The predicted octanol–water partition coefficient (Wildman–Crippen LogP) is 2.95. The molecule has 2 aromatic carbocycles. The molecule has 3 rings (SSSR count). The molecule has 0 radical (unpaired) electrons. The minimum absolute atomic E-state index is 0.00126. The van der Waals surface area contributed by atoms with E-state index in [4.69, 9.17) is 4.74 Å². The maximum atomic E-state index is 12.5. The van der Waals surface area contributed by atoms with Gasteiger partial charge in [0, 0.05) is 16.1 Å². The van der Waals surface area contributed by atoms with Crippen molar-refractivity contribution in [3.8, 4) is 5.75 Å². The average molecular weight is 424 g/mol. The summed E-state index contributed by atoms with van der Waals surface area (Å²) in [6.45, 7) is 0.323. The Bertz CT molecular complexity index is 882. The van der Waals surface area contributed by atoms with E-state index in [1.807, 2.05) is 24.3 Å². The van der Waals surface area contributed by atoms with Gasteiger partial charge in [-0.05, 0) is 24.6 Å². The van der Waals surface area contributed by atoms with E-state index >= 15 is 0 Å². The van der Waals surface area contributed by atoms with Gasteiger partial charge in [-0.15, -0.1) is 0 Å². The summed E-state index contributed by atoms with van der Waals surface area (Å²) in [5.74, 6) is 0.276. The molecule has 1 atom stereocenters. The highest BCUT2D eigenvalue weighted by atomic mass is 79.9. The first-order valence-electron chi connectivity index (χ1n) is 7.91. The maximum absolute atomic E-state index is 12.5. The zero-order chi connectivity index (χ0) is 17.9. The highest BCUT2D eigenvalue weighted by molar-refractivity contribution is 9.10. The quantitative estimate of drug-likeness (QED) is 0.801. The van der Waals surface area contributed by atoms with E-state index in [0.717, 1.165) is 10.0 Å². The molecule has 0 aromatic heterocycles. The number of hydrogen-bond donors (Lipinski definition) is 1. The van der Waals surface area contributed by atoms with Crippen LogP contribution in [-0.4, -0.2) is 31.9 Å². The molecule has 2 aromatic rings. The number of amides is 1. The van der Waals surface area contributed by atoms with E-state index in [0.29, 0.717) is 24.3 Å². The van der Waals surface area contributed by atoms with E-state index in [1.54, 1.807) is 24.3 Å². The fourth-order valence-corrected chi connectivity index (χ4v) is 4.80. The Labute approximate surface area is 155 Å². The third-order valence-electron chi connectivity index (χ3n) is 4.04. The van der Waals surface area contributed by atoms with E-state index in [-0.39, 0.29) is 23.5 Å². The molecule has 0 spiro atoms. The lowest BCUT2D eigenvalue weighted by Gasteiger charge is -2.15. The third kappa shape index (κ3) is 4.61. The minimum atomic E-state index is -3.04. The van der Waals surface area contributed by atoms with E-state index < -0.39 is 9.84 Å². The van der Waals surface area contributed by atoms with Gasteiger partial charge in [-0.1, -0.05) is 46.3 Å². The second kappa shape index (κ2) is 7.58. The van der Waals surface area contributed by atoms with Crippen molar-refractivity contribution in [1.82, 2.24) is 5.32 Å². The normalized spacial score (nSPS) is 18.7. The molecule has 1 N–H and O–H groups in total. The summed E-state index contributed by atoms with van der Waals surface area (Å²) in [5.41, 5.74) is 1.37. The molecule has 132 valence electrons. The SMILES string of the molecule is O=C(NC1CCS(=O)(=O)C1)c1ccccc1OCc1ccccc1Br. The van der Waals surface area contributed by atoms with E-state index in [9.17, 15) is 13.2 Å². The van der Waals surface area contributed by atoms with Gasteiger partial charge in [0.1, 0.15) is 12.4 Å². The number of nitrogens with one attached hydrogen (secondary N) is 1. The molecule has 1 aliphatic heterocycles. The molecule has 1 fully saturated rings. The zero-order valence-corrected chi connectivity index (χ0v) is 15.8. The topological polar surface area (TPSA) is 72.5 Å². The molecule has 0 saturated carbocycles.